The lowest BCUT2D eigenvalue weighted by atomic mass is 10.1. The maximum atomic E-state index is 13.4. The highest BCUT2D eigenvalue weighted by atomic mass is 32.2. The van der Waals surface area contributed by atoms with Crippen LogP contribution in [0.5, 0.6) is 17.2 Å². The molecule has 0 aliphatic carbocycles. The Labute approximate surface area is 185 Å². The zero-order chi connectivity index (χ0) is 23.3. The third-order valence-corrected chi connectivity index (χ3v) is 5.10. The zero-order valence-electron chi connectivity index (χ0n) is 16.7. The summed E-state index contributed by atoms with van der Waals surface area (Å²) in [6.07, 6.45) is -3.11. The number of amidine groups is 1. The van der Waals surface area contributed by atoms with E-state index in [1.165, 1.54) is 25.3 Å². The molecule has 2 aromatic rings. The second-order valence-corrected chi connectivity index (χ2v) is 7.40. The van der Waals surface area contributed by atoms with Crippen molar-refractivity contribution < 1.29 is 27.4 Å². The molecular weight excluding hydrogens is 445 g/mol. The van der Waals surface area contributed by atoms with Gasteiger partial charge >= 0.3 is 6.18 Å². The van der Waals surface area contributed by atoms with Crippen LogP contribution in [0.4, 0.5) is 13.2 Å². The Morgan fingerprint density at radius 2 is 1.97 bits per heavy atom. The van der Waals surface area contributed by atoms with Crippen LogP contribution in [0.15, 0.2) is 46.3 Å². The van der Waals surface area contributed by atoms with E-state index in [0.29, 0.717) is 28.7 Å². The first kappa shape index (κ1) is 23.2. The van der Waals surface area contributed by atoms with Gasteiger partial charge in [0.25, 0.3) is 5.91 Å². The molecule has 3 rings (SSSR count). The average molecular weight is 462 g/mol. The minimum Gasteiger partial charge on any atom is -0.493 e. The number of hydrogen-bond donors (Lipinski definition) is 2. The molecule has 0 atom stereocenters. The summed E-state index contributed by atoms with van der Waals surface area (Å²) in [5, 5.41) is 12.0. The minimum atomic E-state index is -4.71. The number of ether oxygens (including phenoxy) is 2. The third kappa shape index (κ3) is 5.40. The van der Waals surface area contributed by atoms with Gasteiger partial charge in [-0.1, -0.05) is 6.07 Å². The van der Waals surface area contributed by atoms with Gasteiger partial charge in [0.15, 0.2) is 16.7 Å². The average Bonchev–Trinajstić information content (AvgIpc) is 3.11. The summed E-state index contributed by atoms with van der Waals surface area (Å²) in [4.78, 5) is 16.6. The van der Waals surface area contributed by atoms with Gasteiger partial charge in [0.2, 0.25) is 0 Å². The van der Waals surface area contributed by atoms with Crippen molar-refractivity contribution in [1.82, 2.24) is 5.32 Å². The fourth-order valence-corrected chi connectivity index (χ4v) is 3.55. The van der Waals surface area contributed by atoms with E-state index in [1.807, 2.05) is 0 Å². The quantitative estimate of drug-likeness (QED) is 0.631. The van der Waals surface area contributed by atoms with E-state index in [0.717, 1.165) is 23.9 Å². The molecule has 32 heavy (non-hydrogen) atoms. The van der Waals surface area contributed by atoms with Crippen LogP contribution < -0.4 is 20.5 Å². The zero-order valence-corrected chi connectivity index (χ0v) is 17.5. The van der Waals surface area contributed by atoms with E-state index in [9.17, 15) is 18.0 Å². The highest BCUT2D eigenvalue weighted by molar-refractivity contribution is 8.18. The van der Waals surface area contributed by atoms with Gasteiger partial charge in [0.05, 0.1) is 35.8 Å². The molecule has 7 nitrogen and oxygen atoms in total. The van der Waals surface area contributed by atoms with Gasteiger partial charge < -0.3 is 20.5 Å². The summed E-state index contributed by atoms with van der Waals surface area (Å²) in [6, 6.07) is 9.25. The largest absolute Gasteiger partial charge is 0.493 e. The lowest BCUT2D eigenvalue weighted by Crippen LogP contribution is -2.20. The van der Waals surface area contributed by atoms with Crippen molar-refractivity contribution in [2.75, 3.05) is 20.2 Å². The topological polar surface area (TPSA) is 110 Å². The summed E-state index contributed by atoms with van der Waals surface area (Å²) in [5.41, 5.74) is 4.76. The van der Waals surface area contributed by atoms with Crippen LogP contribution in [0.2, 0.25) is 0 Å². The molecule has 0 spiro atoms. The lowest BCUT2D eigenvalue weighted by molar-refractivity contribution is -0.138. The molecule has 2 aromatic carbocycles. The van der Waals surface area contributed by atoms with Gasteiger partial charge in [0, 0.05) is 6.54 Å². The fourth-order valence-electron chi connectivity index (χ4n) is 2.71. The first-order chi connectivity index (χ1) is 15.2. The van der Waals surface area contributed by atoms with Crippen molar-refractivity contribution in [1.29, 1.82) is 5.26 Å². The lowest BCUT2D eigenvalue weighted by Gasteiger charge is -2.16. The number of nitriles is 1. The van der Waals surface area contributed by atoms with Crippen LogP contribution in [-0.2, 0) is 11.0 Å². The second-order valence-electron chi connectivity index (χ2n) is 6.37. The van der Waals surface area contributed by atoms with E-state index in [-0.39, 0.29) is 23.0 Å². The Morgan fingerprint density at radius 1 is 1.22 bits per heavy atom. The highest BCUT2D eigenvalue weighted by Gasteiger charge is 2.35. The van der Waals surface area contributed by atoms with Gasteiger partial charge in [-0.15, -0.1) is 0 Å². The number of aliphatic imine (C=N–C) groups is 1. The Balaban J connectivity index is 1.89. The monoisotopic (exact) mass is 462 g/mol. The van der Waals surface area contributed by atoms with E-state index < -0.39 is 17.5 Å². The van der Waals surface area contributed by atoms with Crippen molar-refractivity contribution in [3.05, 3.63) is 58.0 Å². The van der Waals surface area contributed by atoms with Gasteiger partial charge in [-0.25, -0.2) is 0 Å². The second kappa shape index (κ2) is 9.76. The summed E-state index contributed by atoms with van der Waals surface area (Å²) < 4.78 is 50.9. The Kier molecular flexibility index (Phi) is 7.07. The van der Waals surface area contributed by atoms with Crippen molar-refractivity contribution in [3.8, 4) is 23.3 Å². The maximum Gasteiger partial charge on any atom is 0.420 e. The number of amides is 1. The van der Waals surface area contributed by atoms with Gasteiger partial charge in [-0.05, 0) is 53.7 Å². The van der Waals surface area contributed by atoms with E-state index in [2.05, 4.69) is 10.3 Å². The summed E-state index contributed by atoms with van der Waals surface area (Å²) in [6.45, 7) is 0.734. The number of rotatable bonds is 6. The molecule has 0 radical (unpaired) electrons. The molecule has 1 amide bonds. The van der Waals surface area contributed by atoms with E-state index in [4.69, 9.17) is 20.5 Å². The first-order valence-corrected chi connectivity index (χ1v) is 9.99. The number of hydrogen-bond acceptors (Lipinski definition) is 7. The van der Waals surface area contributed by atoms with Crippen LogP contribution in [0.25, 0.3) is 6.08 Å². The van der Waals surface area contributed by atoms with Crippen LogP contribution in [0.1, 0.15) is 16.7 Å². The molecular formula is C21H17F3N4O3S. The molecule has 3 N–H and O–H groups in total. The predicted molar refractivity (Wildman–Crippen MR) is 114 cm³/mol. The molecule has 1 heterocycles. The summed E-state index contributed by atoms with van der Waals surface area (Å²) in [5.74, 6) is -0.583. The number of alkyl halides is 3. The third-order valence-electron chi connectivity index (χ3n) is 4.15. The summed E-state index contributed by atoms with van der Waals surface area (Å²) in [7, 11) is 1.34. The van der Waals surface area contributed by atoms with Gasteiger partial charge in [-0.2, -0.15) is 18.4 Å². The Morgan fingerprint density at radius 3 is 2.62 bits per heavy atom. The standard InChI is InChI=1S/C21H17F3N4O3S/c1-30-17-9-12(10-18-19(29)28-20(32-18)27-7-6-25)2-5-16(17)31-15-4-3-13(11-26)8-14(15)21(22,23)24/h2-5,8-10H,6-7,25H2,1H3,(H,27,28,29)/b18-10-. The maximum absolute atomic E-state index is 13.4. The SMILES string of the molecule is COc1cc(/C=C2\SC(=NCCN)NC2=O)ccc1Oc1ccc(C#N)cc1C(F)(F)F. The van der Waals surface area contributed by atoms with Gasteiger partial charge in [0.1, 0.15) is 5.75 Å². The highest BCUT2D eigenvalue weighted by Crippen LogP contribution is 2.41. The molecule has 0 aromatic heterocycles. The molecule has 0 bridgehead atoms. The molecule has 0 unspecified atom stereocenters. The molecule has 1 fully saturated rings. The fraction of sp³-hybridized carbons (Fsp3) is 0.190. The summed E-state index contributed by atoms with van der Waals surface area (Å²) >= 11 is 1.15. The Hall–Kier alpha value is -3.49. The minimum absolute atomic E-state index is 0.0404. The molecule has 1 aliphatic heterocycles. The van der Waals surface area contributed by atoms with Crippen molar-refractivity contribution in [3.63, 3.8) is 0 Å². The number of nitrogens with one attached hydrogen (secondary N) is 1. The number of carbonyl (C=O) groups is 1. The number of carbonyl (C=O) groups excluding carboxylic acids is 1. The Bertz CT molecular complexity index is 1140. The number of thioether (sulfide) groups is 1. The normalized spacial score (nSPS) is 16.2. The molecule has 166 valence electrons. The van der Waals surface area contributed by atoms with Crippen LogP contribution in [0, 0.1) is 11.3 Å². The van der Waals surface area contributed by atoms with Crippen LogP contribution in [-0.4, -0.2) is 31.3 Å². The smallest absolute Gasteiger partial charge is 0.420 e. The number of methoxy groups -OCH3 is 1. The van der Waals surface area contributed by atoms with Crippen LogP contribution >= 0.6 is 11.8 Å². The van der Waals surface area contributed by atoms with Gasteiger partial charge in [-0.3, -0.25) is 9.79 Å². The number of nitrogens with two attached hydrogens (primary N) is 1. The van der Waals surface area contributed by atoms with E-state index >= 15 is 0 Å². The molecule has 11 heteroatoms. The number of nitrogens with zero attached hydrogens (tertiary/aromatic N) is 2. The van der Waals surface area contributed by atoms with Crippen molar-refractivity contribution in [2.45, 2.75) is 6.18 Å². The van der Waals surface area contributed by atoms with Crippen LogP contribution in [0.3, 0.4) is 0 Å². The number of benzene rings is 2. The molecule has 1 aliphatic rings. The number of halogens is 3. The molecule has 0 saturated carbocycles. The molecule has 1 saturated heterocycles. The first-order valence-electron chi connectivity index (χ1n) is 9.18. The van der Waals surface area contributed by atoms with Crippen molar-refractivity contribution in [2.24, 2.45) is 10.7 Å². The van der Waals surface area contributed by atoms with Crippen molar-refractivity contribution >= 4 is 28.9 Å². The van der Waals surface area contributed by atoms with E-state index in [1.54, 1.807) is 18.2 Å². The predicted octanol–water partition coefficient (Wildman–Crippen LogP) is 3.90.